The van der Waals surface area contributed by atoms with E-state index in [9.17, 15) is 0 Å². The van der Waals surface area contributed by atoms with Gasteiger partial charge in [0.2, 0.25) is 0 Å². The Hall–Kier alpha value is -0.770. The fourth-order valence-corrected chi connectivity index (χ4v) is 1.08. The van der Waals surface area contributed by atoms with Crippen LogP contribution in [0.2, 0.25) is 0 Å². The molecule has 0 unspecified atom stereocenters. The van der Waals surface area contributed by atoms with Crippen molar-refractivity contribution in [3.8, 4) is 0 Å². The lowest BCUT2D eigenvalue weighted by Gasteiger charge is -1.98. The van der Waals surface area contributed by atoms with Crippen molar-refractivity contribution < 1.29 is 15.0 Å². The van der Waals surface area contributed by atoms with Gasteiger partial charge in [0.15, 0.2) is 0 Å². The molecule has 4 heteroatoms. The van der Waals surface area contributed by atoms with Crippen molar-refractivity contribution in [1.82, 2.24) is 5.32 Å². The maximum Gasteiger partial charge on any atom is 0.503 e. The monoisotopic (exact) mass is 205 g/mol. The van der Waals surface area contributed by atoms with Crippen LogP contribution in [0.5, 0.6) is 0 Å². The van der Waals surface area contributed by atoms with Gasteiger partial charge >= 0.3 is 6.16 Å². The van der Waals surface area contributed by atoms with Gasteiger partial charge in [-0.2, -0.15) is 0 Å². The smallest absolute Gasteiger partial charge is 0.450 e. The van der Waals surface area contributed by atoms with Crippen molar-refractivity contribution in [2.24, 2.45) is 0 Å². The van der Waals surface area contributed by atoms with E-state index in [1.54, 1.807) is 0 Å². The molecule has 0 saturated heterocycles. The van der Waals surface area contributed by atoms with Gasteiger partial charge in [0.05, 0.1) is 0 Å². The fourth-order valence-electron chi connectivity index (χ4n) is 1.08. The average Bonchev–Trinajstić information content (AvgIpc) is 2.10. The molecule has 0 heterocycles. The van der Waals surface area contributed by atoms with Crippen molar-refractivity contribution in [3.05, 3.63) is 0 Å². The van der Waals surface area contributed by atoms with E-state index < -0.39 is 6.16 Å². The van der Waals surface area contributed by atoms with Gasteiger partial charge in [-0.1, -0.05) is 39.0 Å². The summed E-state index contributed by atoms with van der Waals surface area (Å²) >= 11 is 0. The van der Waals surface area contributed by atoms with Crippen molar-refractivity contribution in [3.63, 3.8) is 0 Å². The summed E-state index contributed by atoms with van der Waals surface area (Å²) in [6.07, 6.45) is 6.54. The zero-order valence-electron chi connectivity index (χ0n) is 9.25. The lowest BCUT2D eigenvalue weighted by molar-refractivity contribution is 0.137. The van der Waals surface area contributed by atoms with E-state index in [0.717, 1.165) is 0 Å². The average molecular weight is 205 g/mol. The van der Waals surface area contributed by atoms with E-state index >= 15 is 0 Å². The first-order chi connectivity index (χ1) is 6.65. The third kappa shape index (κ3) is 30.3. The second-order valence-electron chi connectivity index (χ2n) is 3.15. The number of carboxylic acid groups (broad SMARTS) is 2. The Morgan fingerprint density at radius 2 is 1.50 bits per heavy atom. The molecule has 0 rings (SSSR count). The second-order valence-corrected chi connectivity index (χ2v) is 3.15. The van der Waals surface area contributed by atoms with Gasteiger partial charge in [-0.25, -0.2) is 4.79 Å². The number of hydrogen-bond acceptors (Lipinski definition) is 2. The van der Waals surface area contributed by atoms with Crippen LogP contribution in [0.25, 0.3) is 0 Å². The fraction of sp³-hybridized carbons (Fsp3) is 0.900. The van der Waals surface area contributed by atoms with Crippen LogP contribution in [0.15, 0.2) is 0 Å². The van der Waals surface area contributed by atoms with Crippen LogP contribution < -0.4 is 5.32 Å². The topological polar surface area (TPSA) is 69.6 Å². The van der Waals surface area contributed by atoms with Crippen LogP contribution >= 0.6 is 0 Å². The third-order valence-corrected chi connectivity index (χ3v) is 1.78. The van der Waals surface area contributed by atoms with Gasteiger partial charge in [0.25, 0.3) is 0 Å². The number of nitrogens with one attached hydrogen (secondary N) is 1. The SMILES string of the molecule is CCCCCCCCNC.O=C(O)O. The minimum atomic E-state index is -1.83. The van der Waals surface area contributed by atoms with Crippen LogP contribution in [0.4, 0.5) is 4.79 Å². The van der Waals surface area contributed by atoms with E-state index in [1.165, 1.54) is 45.1 Å². The quantitative estimate of drug-likeness (QED) is 0.559. The van der Waals surface area contributed by atoms with Crippen LogP contribution in [0, 0.1) is 0 Å². The Morgan fingerprint density at radius 3 is 1.93 bits per heavy atom. The summed E-state index contributed by atoms with van der Waals surface area (Å²) in [5, 5.41) is 17.1. The number of unbranched alkanes of at least 4 members (excludes halogenated alkanes) is 5. The first kappa shape index (κ1) is 15.7. The Labute approximate surface area is 86.3 Å². The highest BCUT2D eigenvalue weighted by molar-refractivity contribution is 5.53. The largest absolute Gasteiger partial charge is 0.503 e. The highest BCUT2D eigenvalue weighted by atomic mass is 16.6. The van der Waals surface area contributed by atoms with E-state index in [-0.39, 0.29) is 0 Å². The number of hydrogen-bond donors (Lipinski definition) is 3. The minimum Gasteiger partial charge on any atom is -0.450 e. The molecule has 14 heavy (non-hydrogen) atoms. The molecule has 0 atom stereocenters. The Morgan fingerprint density at radius 1 is 1.07 bits per heavy atom. The highest BCUT2D eigenvalue weighted by Crippen LogP contribution is 2.03. The lowest BCUT2D eigenvalue weighted by atomic mass is 10.1. The molecule has 0 saturated carbocycles. The summed E-state index contributed by atoms with van der Waals surface area (Å²) in [7, 11) is 2.02. The van der Waals surface area contributed by atoms with Gasteiger partial charge in [0, 0.05) is 0 Å². The summed E-state index contributed by atoms with van der Waals surface area (Å²) < 4.78 is 0. The summed E-state index contributed by atoms with van der Waals surface area (Å²) in [4.78, 5) is 8.56. The molecular formula is C10H23NO3. The van der Waals surface area contributed by atoms with Crippen molar-refractivity contribution in [1.29, 1.82) is 0 Å². The van der Waals surface area contributed by atoms with Crippen LogP contribution in [0.3, 0.4) is 0 Å². The van der Waals surface area contributed by atoms with Gasteiger partial charge in [-0.15, -0.1) is 0 Å². The van der Waals surface area contributed by atoms with Gasteiger partial charge < -0.3 is 15.5 Å². The van der Waals surface area contributed by atoms with E-state index in [4.69, 9.17) is 15.0 Å². The van der Waals surface area contributed by atoms with Crippen molar-refractivity contribution in [2.75, 3.05) is 13.6 Å². The molecule has 0 fully saturated rings. The molecule has 0 aromatic carbocycles. The normalized spacial score (nSPS) is 9.00. The molecule has 0 aliphatic rings. The van der Waals surface area contributed by atoms with Gasteiger partial charge in [-0.05, 0) is 20.0 Å². The highest BCUT2D eigenvalue weighted by Gasteiger charge is 1.87. The van der Waals surface area contributed by atoms with E-state index in [1.807, 2.05) is 7.05 Å². The van der Waals surface area contributed by atoms with Crippen LogP contribution in [0.1, 0.15) is 45.4 Å². The molecule has 0 amide bonds. The standard InChI is InChI=1S/C9H21N.CH2O3/c1-3-4-5-6-7-8-9-10-2;2-1(3)4/h10H,3-9H2,1-2H3;(H2,2,3,4). The number of carbonyl (C=O) groups is 1. The molecular weight excluding hydrogens is 182 g/mol. The second kappa shape index (κ2) is 14.7. The molecule has 0 bridgehead atoms. The van der Waals surface area contributed by atoms with Crippen molar-refractivity contribution in [2.45, 2.75) is 45.4 Å². The van der Waals surface area contributed by atoms with E-state index in [2.05, 4.69) is 12.2 Å². The number of rotatable bonds is 7. The summed E-state index contributed by atoms with van der Waals surface area (Å²) in [6, 6.07) is 0. The molecule has 0 aromatic heterocycles. The Bertz CT molecular complexity index is 106. The predicted octanol–water partition coefficient (Wildman–Crippen LogP) is 2.79. The molecule has 4 nitrogen and oxygen atoms in total. The maximum atomic E-state index is 8.56. The first-order valence-corrected chi connectivity index (χ1v) is 5.21. The Balaban J connectivity index is 0. The minimum absolute atomic E-state index is 1.19. The molecule has 0 aromatic rings. The summed E-state index contributed by atoms with van der Waals surface area (Å²) in [5.74, 6) is 0. The molecule has 0 spiro atoms. The van der Waals surface area contributed by atoms with E-state index in [0.29, 0.717) is 0 Å². The molecule has 0 aliphatic carbocycles. The molecule has 0 radical (unpaired) electrons. The zero-order valence-corrected chi connectivity index (χ0v) is 9.25. The predicted molar refractivity (Wildman–Crippen MR) is 58.0 cm³/mol. The summed E-state index contributed by atoms with van der Waals surface area (Å²) in [5.41, 5.74) is 0. The third-order valence-electron chi connectivity index (χ3n) is 1.78. The first-order valence-electron chi connectivity index (χ1n) is 5.21. The Kier molecular flexibility index (Phi) is 16.5. The van der Waals surface area contributed by atoms with Gasteiger partial charge in [0.1, 0.15) is 0 Å². The lowest BCUT2D eigenvalue weighted by Crippen LogP contribution is -2.06. The zero-order chi connectivity index (χ0) is 11.2. The van der Waals surface area contributed by atoms with Crippen LogP contribution in [-0.2, 0) is 0 Å². The van der Waals surface area contributed by atoms with Gasteiger partial charge in [-0.3, -0.25) is 0 Å². The molecule has 86 valence electrons. The molecule has 0 aliphatic heterocycles. The van der Waals surface area contributed by atoms with Crippen LogP contribution in [-0.4, -0.2) is 30.0 Å². The maximum absolute atomic E-state index is 8.56. The summed E-state index contributed by atoms with van der Waals surface area (Å²) in [6.45, 7) is 3.44. The molecule has 3 N–H and O–H groups in total. The van der Waals surface area contributed by atoms with Crippen molar-refractivity contribution >= 4 is 6.16 Å².